The number of fused-ring (bicyclic) bond motifs is 1. The maximum absolute atomic E-state index is 5.80. The summed E-state index contributed by atoms with van der Waals surface area (Å²) in [6.07, 6.45) is 4.86. The Labute approximate surface area is 89.5 Å². The molecule has 0 saturated heterocycles. The Morgan fingerprint density at radius 1 is 1.64 bits per heavy atom. The fourth-order valence-electron chi connectivity index (χ4n) is 2.05. The van der Waals surface area contributed by atoms with Crippen LogP contribution >= 0.6 is 11.3 Å². The fraction of sp³-hybridized carbons (Fsp3) is 0.636. The van der Waals surface area contributed by atoms with E-state index in [-0.39, 0.29) is 0 Å². The second-order valence-corrected chi connectivity index (χ2v) is 5.16. The zero-order chi connectivity index (χ0) is 9.97. The third-order valence-corrected chi connectivity index (χ3v) is 3.82. The average molecular weight is 210 g/mol. The van der Waals surface area contributed by atoms with Gasteiger partial charge in [0, 0.05) is 10.9 Å². The second kappa shape index (κ2) is 4.32. The molecule has 2 rings (SSSR count). The molecule has 1 atom stereocenters. The van der Waals surface area contributed by atoms with Gasteiger partial charge in [0.1, 0.15) is 0 Å². The van der Waals surface area contributed by atoms with Crippen LogP contribution in [0.3, 0.4) is 0 Å². The molecule has 0 saturated carbocycles. The highest BCUT2D eigenvalue weighted by atomic mass is 32.1. The predicted molar refractivity (Wildman–Crippen MR) is 62.8 cm³/mol. The largest absolute Gasteiger partial charge is 0.391 e. The Kier molecular flexibility index (Phi) is 3.08. The third kappa shape index (κ3) is 2.10. The minimum Gasteiger partial charge on any atom is -0.391 e. The molecule has 1 aliphatic rings. The van der Waals surface area contributed by atoms with Crippen molar-refractivity contribution in [3.05, 3.63) is 16.5 Å². The van der Waals surface area contributed by atoms with Crippen LogP contribution in [0.15, 0.2) is 6.07 Å². The molecule has 0 spiro atoms. The summed E-state index contributed by atoms with van der Waals surface area (Å²) >= 11 is 1.77. The van der Waals surface area contributed by atoms with Crippen LogP contribution in [0.5, 0.6) is 0 Å². The Bertz CT molecular complexity index is 306. The highest BCUT2D eigenvalue weighted by Crippen LogP contribution is 2.31. The van der Waals surface area contributed by atoms with Crippen molar-refractivity contribution in [2.75, 3.05) is 12.3 Å². The number of thiophene rings is 1. The van der Waals surface area contributed by atoms with Gasteiger partial charge in [-0.25, -0.2) is 0 Å². The van der Waals surface area contributed by atoms with Crippen LogP contribution in [-0.4, -0.2) is 12.6 Å². The van der Waals surface area contributed by atoms with Crippen molar-refractivity contribution in [2.24, 2.45) is 0 Å². The first-order valence-corrected chi connectivity index (χ1v) is 6.21. The molecular formula is C11H18N2S. The Morgan fingerprint density at radius 3 is 3.29 bits per heavy atom. The van der Waals surface area contributed by atoms with E-state index in [1.165, 1.54) is 36.1 Å². The van der Waals surface area contributed by atoms with Gasteiger partial charge in [0.25, 0.3) is 0 Å². The lowest BCUT2D eigenvalue weighted by atomic mass is 9.95. The van der Waals surface area contributed by atoms with Crippen molar-refractivity contribution in [3.63, 3.8) is 0 Å². The number of anilines is 1. The molecule has 3 N–H and O–H groups in total. The molecule has 1 aromatic heterocycles. The van der Waals surface area contributed by atoms with E-state index in [4.69, 9.17) is 5.73 Å². The summed E-state index contributed by atoms with van der Waals surface area (Å²) < 4.78 is 0. The molecule has 1 aliphatic carbocycles. The van der Waals surface area contributed by atoms with E-state index >= 15 is 0 Å². The van der Waals surface area contributed by atoms with Crippen LogP contribution in [0, 0.1) is 0 Å². The molecule has 0 fully saturated rings. The van der Waals surface area contributed by atoms with Crippen molar-refractivity contribution in [1.29, 1.82) is 0 Å². The van der Waals surface area contributed by atoms with Gasteiger partial charge in [0.2, 0.25) is 0 Å². The topological polar surface area (TPSA) is 38.0 Å². The van der Waals surface area contributed by atoms with Gasteiger partial charge in [-0.2, -0.15) is 0 Å². The normalized spacial score (nSPS) is 20.8. The zero-order valence-electron chi connectivity index (χ0n) is 8.68. The standard InChI is InChI=1S/C11H18N2S/c1-2-5-13-9-4-3-8-6-11(12)14-10(8)7-9/h6,9,13H,2-5,7,12H2,1H3/t9-/m0/s1. The van der Waals surface area contributed by atoms with Gasteiger partial charge in [-0.15, -0.1) is 11.3 Å². The van der Waals surface area contributed by atoms with Gasteiger partial charge in [-0.1, -0.05) is 6.92 Å². The fourth-order valence-corrected chi connectivity index (χ4v) is 3.11. The summed E-state index contributed by atoms with van der Waals surface area (Å²) in [4.78, 5) is 1.50. The summed E-state index contributed by atoms with van der Waals surface area (Å²) in [5.41, 5.74) is 7.29. The van der Waals surface area contributed by atoms with E-state index in [2.05, 4.69) is 18.3 Å². The Morgan fingerprint density at radius 2 is 2.50 bits per heavy atom. The molecule has 3 heteroatoms. The van der Waals surface area contributed by atoms with Crippen molar-refractivity contribution >= 4 is 16.3 Å². The molecule has 14 heavy (non-hydrogen) atoms. The van der Waals surface area contributed by atoms with Crippen LogP contribution in [0.2, 0.25) is 0 Å². The van der Waals surface area contributed by atoms with Crippen LogP contribution in [0.4, 0.5) is 5.00 Å². The second-order valence-electron chi connectivity index (χ2n) is 3.99. The molecule has 0 aliphatic heterocycles. The Balaban J connectivity index is 1.98. The summed E-state index contributed by atoms with van der Waals surface area (Å²) in [7, 11) is 0. The van der Waals surface area contributed by atoms with E-state index < -0.39 is 0 Å². The van der Waals surface area contributed by atoms with Crippen LogP contribution in [0.25, 0.3) is 0 Å². The summed E-state index contributed by atoms with van der Waals surface area (Å²) in [6.45, 7) is 3.35. The van der Waals surface area contributed by atoms with Crippen LogP contribution < -0.4 is 11.1 Å². The third-order valence-electron chi connectivity index (χ3n) is 2.79. The van der Waals surface area contributed by atoms with Crippen molar-refractivity contribution < 1.29 is 0 Å². The number of nitrogens with two attached hydrogens (primary N) is 1. The lowest BCUT2D eigenvalue weighted by Gasteiger charge is -2.22. The zero-order valence-corrected chi connectivity index (χ0v) is 9.49. The number of hydrogen-bond acceptors (Lipinski definition) is 3. The molecule has 0 bridgehead atoms. The lowest BCUT2D eigenvalue weighted by molar-refractivity contribution is 0.463. The van der Waals surface area contributed by atoms with E-state index in [1.807, 2.05) is 0 Å². The minimum atomic E-state index is 0.681. The van der Waals surface area contributed by atoms with Gasteiger partial charge in [0.05, 0.1) is 5.00 Å². The summed E-state index contributed by atoms with van der Waals surface area (Å²) in [6, 6.07) is 2.83. The molecule has 0 radical (unpaired) electrons. The first-order valence-electron chi connectivity index (χ1n) is 5.40. The molecule has 0 amide bonds. The minimum absolute atomic E-state index is 0.681. The van der Waals surface area contributed by atoms with Gasteiger partial charge in [-0.3, -0.25) is 0 Å². The van der Waals surface area contributed by atoms with E-state index in [1.54, 1.807) is 11.3 Å². The number of nitrogen functional groups attached to an aromatic ring is 1. The molecule has 0 aromatic carbocycles. The SMILES string of the molecule is CCCN[C@H]1CCc2cc(N)sc2C1. The summed E-state index contributed by atoms with van der Waals surface area (Å²) in [5, 5.41) is 4.57. The summed E-state index contributed by atoms with van der Waals surface area (Å²) in [5.74, 6) is 0. The monoisotopic (exact) mass is 210 g/mol. The van der Waals surface area contributed by atoms with E-state index in [0.29, 0.717) is 6.04 Å². The molecule has 1 aromatic rings. The van der Waals surface area contributed by atoms with Gasteiger partial charge in [0.15, 0.2) is 0 Å². The van der Waals surface area contributed by atoms with Crippen molar-refractivity contribution in [1.82, 2.24) is 5.32 Å². The predicted octanol–water partition coefficient (Wildman–Crippen LogP) is 2.19. The van der Waals surface area contributed by atoms with Gasteiger partial charge < -0.3 is 11.1 Å². The number of aryl methyl sites for hydroxylation is 1. The molecule has 0 unspecified atom stereocenters. The van der Waals surface area contributed by atoms with Crippen molar-refractivity contribution in [3.8, 4) is 0 Å². The van der Waals surface area contributed by atoms with Crippen LogP contribution in [0.1, 0.15) is 30.2 Å². The Hall–Kier alpha value is -0.540. The lowest BCUT2D eigenvalue weighted by Crippen LogP contribution is -2.34. The quantitative estimate of drug-likeness (QED) is 0.802. The van der Waals surface area contributed by atoms with Gasteiger partial charge >= 0.3 is 0 Å². The number of hydrogen-bond donors (Lipinski definition) is 2. The van der Waals surface area contributed by atoms with E-state index in [0.717, 1.165) is 11.5 Å². The number of nitrogens with one attached hydrogen (secondary N) is 1. The molecule has 1 heterocycles. The number of rotatable bonds is 3. The first kappa shape index (κ1) is 9.99. The van der Waals surface area contributed by atoms with Crippen LogP contribution in [-0.2, 0) is 12.8 Å². The first-order chi connectivity index (χ1) is 6.79. The molecule has 78 valence electrons. The van der Waals surface area contributed by atoms with Crippen molar-refractivity contribution in [2.45, 2.75) is 38.6 Å². The average Bonchev–Trinajstić information content (AvgIpc) is 2.54. The highest BCUT2D eigenvalue weighted by Gasteiger charge is 2.19. The smallest absolute Gasteiger partial charge is 0.0862 e. The van der Waals surface area contributed by atoms with E-state index in [9.17, 15) is 0 Å². The maximum atomic E-state index is 5.80. The maximum Gasteiger partial charge on any atom is 0.0862 e. The molecular weight excluding hydrogens is 192 g/mol. The molecule has 2 nitrogen and oxygen atoms in total. The highest BCUT2D eigenvalue weighted by molar-refractivity contribution is 7.16. The van der Waals surface area contributed by atoms with Gasteiger partial charge in [-0.05, 0) is 43.9 Å².